The molecule has 0 bridgehead atoms. The SMILES string of the molecule is COc1ccc(C(=O)Nc2ccc(N3CCCC(C(N)=O)C3)nc2)cc1OC(F)F. The van der Waals surface area contributed by atoms with Crippen LogP contribution in [0.2, 0.25) is 0 Å². The monoisotopic (exact) mass is 420 g/mol. The molecular formula is C20H22F2N4O4. The Kier molecular flexibility index (Phi) is 6.65. The molecule has 1 aromatic carbocycles. The topological polar surface area (TPSA) is 107 Å². The highest BCUT2D eigenvalue weighted by atomic mass is 19.3. The van der Waals surface area contributed by atoms with Crippen LogP contribution in [-0.4, -0.2) is 43.6 Å². The first-order valence-electron chi connectivity index (χ1n) is 9.32. The van der Waals surface area contributed by atoms with Crippen LogP contribution >= 0.6 is 0 Å². The average Bonchev–Trinajstić information content (AvgIpc) is 2.74. The molecule has 1 fully saturated rings. The zero-order valence-corrected chi connectivity index (χ0v) is 16.3. The number of aromatic nitrogens is 1. The Bertz CT molecular complexity index is 908. The van der Waals surface area contributed by atoms with Crippen LogP contribution in [0.3, 0.4) is 0 Å². The van der Waals surface area contributed by atoms with Gasteiger partial charge in [0.2, 0.25) is 5.91 Å². The van der Waals surface area contributed by atoms with E-state index in [1.165, 1.54) is 31.5 Å². The first kappa shape index (κ1) is 21.3. The zero-order chi connectivity index (χ0) is 21.7. The molecule has 2 heterocycles. The maximum atomic E-state index is 12.6. The number of nitrogens with two attached hydrogens (primary N) is 1. The summed E-state index contributed by atoms with van der Waals surface area (Å²) in [5.74, 6) is -0.511. The van der Waals surface area contributed by atoms with Crippen LogP contribution in [0.1, 0.15) is 23.2 Å². The van der Waals surface area contributed by atoms with E-state index in [1.807, 2.05) is 4.90 Å². The molecular weight excluding hydrogens is 398 g/mol. The van der Waals surface area contributed by atoms with E-state index in [-0.39, 0.29) is 28.9 Å². The van der Waals surface area contributed by atoms with Crippen molar-refractivity contribution >= 4 is 23.3 Å². The Morgan fingerprint density at radius 1 is 1.27 bits per heavy atom. The fourth-order valence-corrected chi connectivity index (χ4v) is 3.27. The van der Waals surface area contributed by atoms with Crippen molar-refractivity contribution in [3.63, 3.8) is 0 Å². The number of piperidine rings is 1. The van der Waals surface area contributed by atoms with E-state index >= 15 is 0 Å². The molecule has 8 nitrogen and oxygen atoms in total. The summed E-state index contributed by atoms with van der Waals surface area (Å²) in [5.41, 5.74) is 5.96. The predicted molar refractivity (Wildman–Crippen MR) is 106 cm³/mol. The van der Waals surface area contributed by atoms with Crippen LogP contribution in [0.15, 0.2) is 36.5 Å². The Morgan fingerprint density at radius 2 is 2.07 bits per heavy atom. The zero-order valence-electron chi connectivity index (χ0n) is 16.3. The molecule has 1 aliphatic rings. The fourth-order valence-electron chi connectivity index (χ4n) is 3.27. The molecule has 2 aromatic rings. The molecule has 1 aromatic heterocycles. The maximum absolute atomic E-state index is 12.6. The summed E-state index contributed by atoms with van der Waals surface area (Å²) in [6.07, 6.45) is 3.09. The van der Waals surface area contributed by atoms with Gasteiger partial charge >= 0.3 is 6.61 Å². The highest BCUT2D eigenvalue weighted by Gasteiger charge is 2.24. The fraction of sp³-hybridized carbons (Fsp3) is 0.350. The molecule has 10 heteroatoms. The average molecular weight is 420 g/mol. The summed E-state index contributed by atoms with van der Waals surface area (Å²) >= 11 is 0. The summed E-state index contributed by atoms with van der Waals surface area (Å²) in [6.45, 7) is -1.77. The lowest BCUT2D eigenvalue weighted by Crippen LogP contribution is -2.41. The Hall–Kier alpha value is -3.43. The molecule has 3 rings (SSSR count). The van der Waals surface area contributed by atoms with Gasteiger partial charge in [0.1, 0.15) is 5.82 Å². The second-order valence-corrected chi connectivity index (χ2v) is 6.79. The van der Waals surface area contributed by atoms with Gasteiger partial charge in [0.05, 0.1) is 24.9 Å². The van der Waals surface area contributed by atoms with E-state index in [9.17, 15) is 18.4 Å². The van der Waals surface area contributed by atoms with Gasteiger partial charge < -0.3 is 25.4 Å². The Balaban J connectivity index is 1.68. The Morgan fingerprint density at radius 3 is 2.70 bits per heavy atom. The smallest absolute Gasteiger partial charge is 0.387 e. The molecule has 1 aliphatic heterocycles. The first-order chi connectivity index (χ1) is 14.4. The van der Waals surface area contributed by atoms with Gasteiger partial charge in [-0.05, 0) is 43.2 Å². The molecule has 2 amide bonds. The van der Waals surface area contributed by atoms with Crippen LogP contribution in [0.5, 0.6) is 11.5 Å². The number of benzene rings is 1. The van der Waals surface area contributed by atoms with E-state index in [4.69, 9.17) is 10.5 Å². The van der Waals surface area contributed by atoms with Gasteiger partial charge in [0.25, 0.3) is 5.91 Å². The predicted octanol–water partition coefficient (Wildman–Crippen LogP) is 2.65. The second kappa shape index (κ2) is 9.38. The number of carbonyl (C=O) groups excluding carboxylic acids is 2. The van der Waals surface area contributed by atoms with E-state index < -0.39 is 12.5 Å². The number of primary amides is 1. The second-order valence-electron chi connectivity index (χ2n) is 6.79. The number of halogens is 2. The number of carbonyl (C=O) groups is 2. The molecule has 1 saturated heterocycles. The summed E-state index contributed by atoms with van der Waals surface area (Å²) in [7, 11) is 1.31. The number of alkyl halides is 2. The van der Waals surface area contributed by atoms with Gasteiger partial charge in [-0.2, -0.15) is 8.78 Å². The minimum atomic E-state index is -3.04. The molecule has 0 saturated carbocycles. The summed E-state index contributed by atoms with van der Waals surface area (Å²) in [6, 6.07) is 7.40. The third kappa shape index (κ3) is 5.13. The number of amides is 2. The third-order valence-electron chi connectivity index (χ3n) is 4.80. The standard InChI is InChI=1S/C20H22F2N4O4/c1-29-15-6-4-12(9-16(15)30-20(21)22)19(28)25-14-5-7-17(24-10-14)26-8-2-3-13(11-26)18(23)27/h4-7,9-10,13,20H,2-3,8,11H2,1H3,(H2,23,27)(H,25,28). The number of methoxy groups -OCH3 is 1. The summed E-state index contributed by atoms with van der Waals surface area (Å²) in [4.78, 5) is 30.2. The molecule has 0 aliphatic carbocycles. The van der Waals surface area contributed by atoms with Crippen molar-refractivity contribution in [2.75, 3.05) is 30.4 Å². The lowest BCUT2D eigenvalue weighted by Gasteiger charge is -2.32. The van der Waals surface area contributed by atoms with Crippen molar-refractivity contribution in [2.45, 2.75) is 19.5 Å². The van der Waals surface area contributed by atoms with Crippen LogP contribution in [0.25, 0.3) is 0 Å². The number of ether oxygens (including phenoxy) is 2. The van der Waals surface area contributed by atoms with Gasteiger partial charge in [-0.1, -0.05) is 0 Å². The minimum absolute atomic E-state index is 0.0914. The van der Waals surface area contributed by atoms with Crippen LogP contribution in [0.4, 0.5) is 20.3 Å². The van der Waals surface area contributed by atoms with Crippen molar-refractivity contribution in [1.82, 2.24) is 4.98 Å². The molecule has 1 unspecified atom stereocenters. The van der Waals surface area contributed by atoms with Crippen LogP contribution in [0, 0.1) is 5.92 Å². The van der Waals surface area contributed by atoms with Crippen molar-refractivity contribution in [1.29, 1.82) is 0 Å². The van der Waals surface area contributed by atoms with Crippen LogP contribution in [-0.2, 0) is 4.79 Å². The van der Waals surface area contributed by atoms with E-state index in [2.05, 4.69) is 15.0 Å². The van der Waals surface area contributed by atoms with Crippen molar-refractivity contribution in [3.05, 3.63) is 42.1 Å². The molecule has 0 spiro atoms. The highest BCUT2D eigenvalue weighted by molar-refractivity contribution is 6.04. The van der Waals surface area contributed by atoms with Gasteiger partial charge in [-0.15, -0.1) is 0 Å². The van der Waals surface area contributed by atoms with E-state index in [1.54, 1.807) is 12.1 Å². The highest BCUT2D eigenvalue weighted by Crippen LogP contribution is 2.30. The van der Waals surface area contributed by atoms with Crippen molar-refractivity contribution in [2.24, 2.45) is 11.7 Å². The molecule has 160 valence electrons. The number of hydrogen-bond acceptors (Lipinski definition) is 6. The largest absolute Gasteiger partial charge is 0.493 e. The number of nitrogens with zero attached hydrogens (tertiary/aromatic N) is 2. The number of nitrogens with one attached hydrogen (secondary N) is 1. The van der Waals surface area contributed by atoms with Crippen LogP contribution < -0.4 is 25.4 Å². The quantitative estimate of drug-likeness (QED) is 0.713. The lowest BCUT2D eigenvalue weighted by molar-refractivity contribution is -0.122. The van der Waals surface area contributed by atoms with E-state index in [0.29, 0.717) is 18.1 Å². The van der Waals surface area contributed by atoms with Gasteiger partial charge in [0, 0.05) is 18.7 Å². The third-order valence-corrected chi connectivity index (χ3v) is 4.80. The molecule has 1 atom stereocenters. The van der Waals surface area contributed by atoms with Gasteiger partial charge in [0.15, 0.2) is 11.5 Å². The number of rotatable bonds is 7. The first-order valence-corrected chi connectivity index (χ1v) is 9.32. The number of pyridine rings is 1. The van der Waals surface area contributed by atoms with Crippen molar-refractivity contribution < 1.29 is 27.8 Å². The lowest BCUT2D eigenvalue weighted by atomic mass is 9.97. The normalized spacial score (nSPS) is 16.3. The van der Waals surface area contributed by atoms with Gasteiger partial charge in [-0.3, -0.25) is 9.59 Å². The van der Waals surface area contributed by atoms with E-state index in [0.717, 1.165) is 19.4 Å². The maximum Gasteiger partial charge on any atom is 0.387 e. The molecule has 30 heavy (non-hydrogen) atoms. The van der Waals surface area contributed by atoms with Crippen molar-refractivity contribution in [3.8, 4) is 11.5 Å². The number of anilines is 2. The molecule has 3 N–H and O–H groups in total. The minimum Gasteiger partial charge on any atom is -0.493 e. The summed E-state index contributed by atoms with van der Waals surface area (Å²) in [5, 5.41) is 2.66. The Labute approximate surface area is 172 Å². The summed E-state index contributed by atoms with van der Waals surface area (Å²) < 4.78 is 34.5. The van der Waals surface area contributed by atoms with Gasteiger partial charge in [-0.25, -0.2) is 4.98 Å². The molecule has 0 radical (unpaired) electrons. The number of hydrogen-bond donors (Lipinski definition) is 2.